The molecule has 1 N–H and O–H groups in total. The van der Waals surface area contributed by atoms with Crippen molar-refractivity contribution in [1.82, 2.24) is 14.9 Å². The highest BCUT2D eigenvalue weighted by Gasteiger charge is 2.12. The number of amides is 1. The number of nitrogens with one attached hydrogen (secondary N) is 1. The highest BCUT2D eigenvalue weighted by molar-refractivity contribution is 6.38. The summed E-state index contributed by atoms with van der Waals surface area (Å²) in [5.41, 5.74) is -0.00980. The molecule has 8 heteroatoms. The van der Waals surface area contributed by atoms with Gasteiger partial charge in [0.25, 0.3) is 5.56 Å². The van der Waals surface area contributed by atoms with Crippen LogP contribution in [0.3, 0.4) is 0 Å². The van der Waals surface area contributed by atoms with E-state index < -0.39 is 0 Å². The zero-order chi connectivity index (χ0) is 16.3. The molecule has 22 heavy (non-hydrogen) atoms. The van der Waals surface area contributed by atoms with Crippen LogP contribution in [0.2, 0.25) is 10.0 Å². The standard InChI is InChI=1S/C14H15Cl2N3O3/c1-8(6-22-2)18-12(20)5-19-7-17-13-10(14(19)21)3-9(15)4-11(13)16/h3-4,7-8H,5-6H2,1-2H3,(H,18,20)/t8-/m0/s1. The quantitative estimate of drug-likeness (QED) is 0.899. The van der Waals surface area contributed by atoms with E-state index in [1.54, 1.807) is 7.11 Å². The molecule has 0 radical (unpaired) electrons. The Hall–Kier alpha value is -1.63. The second kappa shape index (κ2) is 7.09. The second-order valence-corrected chi connectivity index (χ2v) is 5.73. The van der Waals surface area contributed by atoms with Gasteiger partial charge in [0.05, 0.1) is 28.9 Å². The number of hydrogen-bond acceptors (Lipinski definition) is 4. The molecule has 0 bridgehead atoms. The van der Waals surface area contributed by atoms with Crippen molar-refractivity contribution in [3.63, 3.8) is 0 Å². The van der Waals surface area contributed by atoms with Crippen LogP contribution in [0.25, 0.3) is 10.9 Å². The molecule has 0 saturated carbocycles. The number of ether oxygens (including phenoxy) is 1. The highest BCUT2D eigenvalue weighted by atomic mass is 35.5. The zero-order valence-electron chi connectivity index (χ0n) is 12.1. The predicted molar refractivity (Wildman–Crippen MR) is 85.5 cm³/mol. The van der Waals surface area contributed by atoms with Crippen LogP contribution in [-0.4, -0.2) is 35.2 Å². The summed E-state index contributed by atoms with van der Waals surface area (Å²) in [5.74, 6) is -0.305. The van der Waals surface area contributed by atoms with Crippen LogP contribution in [0.1, 0.15) is 6.92 Å². The molecule has 0 spiro atoms. The van der Waals surface area contributed by atoms with Crippen LogP contribution in [0, 0.1) is 0 Å². The summed E-state index contributed by atoms with van der Waals surface area (Å²) < 4.78 is 6.15. The van der Waals surface area contributed by atoms with E-state index in [0.717, 1.165) is 0 Å². The van der Waals surface area contributed by atoms with Crippen molar-refractivity contribution in [2.75, 3.05) is 13.7 Å². The third kappa shape index (κ3) is 3.76. The Morgan fingerprint density at radius 2 is 2.18 bits per heavy atom. The summed E-state index contributed by atoms with van der Waals surface area (Å²) in [6.45, 7) is 2.06. The van der Waals surface area contributed by atoms with E-state index in [2.05, 4.69) is 10.3 Å². The van der Waals surface area contributed by atoms with Gasteiger partial charge in [-0.3, -0.25) is 14.2 Å². The van der Waals surface area contributed by atoms with Gasteiger partial charge in [-0.2, -0.15) is 0 Å². The fourth-order valence-electron chi connectivity index (χ4n) is 2.07. The summed E-state index contributed by atoms with van der Waals surface area (Å²) in [6, 6.07) is 2.85. The van der Waals surface area contributed by atoms with Gasteiger partial charge >= 0.3 is 0 Å². The van der Waals surface area contributed by atoms with Crippen LogP contribution in [0.15, 0.2) is 23.3 Å². The predicted octanol–water partition coefficient (Wildman–Crippen LogP) is 1.85. The zero-order valence-corrected chi connectivity index (χ0v) is 13.6. The Morgan fingerprint density at radius 1 is 1.45 bits per heavy atom. The van der Waals surface area contributed by atoms with Gasteiger partial charge in [-0.1, -0.05) is 23.2 Å². The molecule has 6 nitrogen and oxygen atoms in total. The summed E-state index contributed by atoms with van der Waals surface area (Å²) >= 11 is 11.9. The van der Waals surface area contributed by atoms with E-state index in [4.69, 9.17) is 27.9 Å². The Balaban J connectivity index is 2.28. The topological polar surface area (TPSA) is 73.2 Å². The third-order valence-electron chi connectivity index (χ3n) is 2.98. The van der Waals surface area contributed by atoms with Crippen LogP contribution in [0.4, 0.5) is 0 Å². The lowest BCUT2D eigenvalue weighted by molar-refractivity contribution is -0.122. The van der Waals surface area contributed by atoms with Gasteiger partial charge < -0.3 is 10.1 Å². The van der Waals surface area contributed by atoms with Crippen molar-refractivity contribution in [1.29, 1.82) is 0 Å². The number of carbonyl (C=O) groups excluding carboxylic acids is 1. The molecule has 0 fully saturated rings. The highest BCUT2D eigenvalue weighted by Crippen LogP contribution is 2.23. The monoisotopic (exact) mass is 343 g/mol. The van der Waals surface area contributed by atoms with Gasteiger partial charge in [0.1, 0.15) is 6.54 Å². The maximum atomic E-state index is 12.4. The molecule has 0 saturated heterocycles. The van der Waals surface area contributed by atoms with Crippen LogP contribution in [0.5, 0.6) is 0 Å². The van der Waals surface area contributed by atoms with Crippen LogP contribution < -0.4 is 10.9 Å². The van der Waals surface area contributed by atoms with Gasteiger partial charge in [0.15, 0.2) is 0 Å². The average molecular weight is 344 g/mol. The summed E-state index contributed by atoms with van der Waals surface area (Å²) in [6.07, 6.45) is 1.30. The molecule has 2 aromatic rings. The molecule has 0 aliphatic heterocycles. The van der Waals surface area contributed by atoms with Crippen molar-refractivity contribution in [2.24, 2.45) is 0 Å². The molecule has 1 amide bonds. The van der Waals surface area contributed by atoms with Crippen molar-refractivity contribution < 1.29 is 9.53 Å². The van der Waals surface area contributed by atoms with E-state index >= 15 is 0 Å². The lowest BCUT2D eigenvalue weighted by Crippen LogP contribution is -2.39. The Kier molecular flexibility index (Phi) is 5.39. The lowest BCUT2D eigenvalue weighted by Gasteiger charge is -2.13. The van der Waals surface area contributed by atoms with E-state index in [0.29, 0.717) is 22.2 Å². The molecular formula is C14H15Cl2N3O3. The first-order valence-electron chi connectivity index (χ1n) is 6.55. The molecule has 0 unspecified atom stereocenters. The molecule has 2 rings (SSSR count). The molecule has 1 atom stereocenters. The van der Waals surface area contributed by atoms with E-state index in [9.17, 15) is 9.59 Å². The van der Waals surface area contributed by atoms with E-state index in [1.807, 2.05) is 6.92 Å². The molecule has 1 aromatic carbocycles. The maximum absolute atomic E-state index is 12.4. The average Bonchev–Trinajstić information content (AvgIpc) is 2.42. The fourth-order valence-corrected chi connectivity index (χ4v) is 2.62. The molecule has 1 aromatic heterocycles. The van der Waals surface area contributed by atoms with Crippen molar-refractivity contribution in [3.8, 4) is 0 Å². The molecule has 1 heterocycles. The minimum Gasteiger partial charge on any atom is -0.383 e. The molecule has 0 aliphatic rings. The lowest BCUT2D eigenvalue weighted by atomic mass is 10.2. The number of hydrogen-bond donors (Lipinski definition) is 1. The second-order valence-electron chi connectivity index (χ2n) is 4.89. The van der Waals surface area contributed by atoms with Gasteiger partial charge in [0, 0.05) is 18.2 Å². The summed E-state index contributed by atoms with van der Waals surface area (Å²) in [5, 5.41) is 3.64. The number of benzene rings is 1. The minimum atomic E-state index is -0.371. The van der Waals surface area contributed by atoms with Crippen molar-refractivity contribution in [3.05, 3.63) is 38.9 Å². The van der Waals surface area contributed by atoms with Crippen LogP contribution >= 0.6 is 23.2 Å². The SMILES string of the molecule is COC[C@H](C)NC(=O)Cn1cnc2c(Cl)cc(Cl)cc2c1=O. The molecule has 118 valence electrons. The smallest absolute Gasteiger partial charge is 0.261 e. The van der Waals surface area contributed by atoms with Gasteiger partial charge in [-0.25, -0.2) is 4.98 Å². The largest absolute Gasteiger partial charge is 0.383 e. The minimum absolute atomic E-state index is 0.139. The number of aromatic nitrogens is 2. The Labute approximate surface area is 137 Å². The van der Waals surface area contributed by atoms with Gasteiger partial charge in [0.2, 0.25) is 5.91 Å². The maximum Gasteiger partial charge on any atom is 0.261 e. The van der Waals surface area contributed by atoms with Crippen LogP contribution in [-0.2, 0) is 16.1 Å². The first-order chi connectivity index (χ1) is 10.4. The first kappa shape index (κ1) is 16.7. The molecule has 0 aliphatic carbocycles. The number of carbonyl (C=O) groups is 1. The number of rotatable bonds is 5. The van der Waals surface area contributed by atoms with Gasteiger partial charge in [-0.05, 0) is 19.1 Å². The summed E-state index contributed by atoms with van der Waals surface area (Å²) in [4.78, 5) is 28.4. The van der Waals surface area contributed by atoms with E-state index in [1.165, 1.54) is 23.0 Å². The van der Waals surface area contributed by atoms with Crippen molar-refractivity contribution in [2.45, 2.75) is 19.5 Å². The molecular weight excluding hydrogens is 329 g/mol. The number of halogens is 2. The van der Waals surface area contributed by atoms with Gasteiger partial charge in [-0.15, -0.1) is 0 Å². The summed E-state index contributed by atoms with van der Waals surface area (Å²) in [7, 11) is 1.55. The Bertz CT molecular complexity index is 761. The first-order valence-corrected chi connectivity index (χ1v) is 7.30. The van der Waals surface area contributed by atoms with Crippen molar-refractivity contribution >= 4 is 40.0 Å². The number of methoxy groups -OCH3 is 1. The van der Waals surface area contributed by atoms with E-state index in [-0.39, 0.29) is 29.4 Å². The fraction of sp³-hybridized carbons (Fsp3) is 0.357. The Morgan fingerprint density at radius 3 is 2.86 bits per heavy atom. The number of nitrogens with zero attached hydrogens (tertiary/aromatic N) is 2. The number of fused-ring (bicyclic) bond motifs is 1. The normalized spacial score (nSPS) is 12.4. The third-order valence-corrected chi connectivity index (χ3v) is 3.49.